The molecule has 1 saturated carbocycles. The molecule has 412 valence electrons. The Kier molecular flexibility index (Phi) is 23.9. The number of rotatable bonds is 10. The van der Waals surface area contributed by atoms with E-state index in [1.807, 2.05) is 51.2 Å². The minimum Gasteiger partial charge on any atom is -0.460 e. The van der Waals surface area contributed by atoms with Crippen molar-refractivity contribution in [3.63, 3.8) is 0 Å². The molecule has 73 heavy (non-hydrogen) atoms. The molecule has 17 heteroatoms. The average molecular weight is 1030 g/mol. The van der Waals surface area contributed by atoms with Crippen molar-refractivity contribution >= 4 is 35.2 Å². The zero-order valence-corrected chi connectivity index (χ0v) is 45.3. The predicted molar refractivity (Wildman–Crippen MR) is 271 cm³/mol. The van der Waals surface area contributed by atoms with Crippen molar-refractivity contribution < 1.29 is 77.6 Å². The molecular formula is C56H87NO16. The van der Waals surface area contributed by atoms with Crippen LogP contribution >= 0.6 is 0 Å². The van der Waals surface area contributed by atoms with Gasteiger partial charge in [0.25, 0.3) is 11.7 Å². The second kappa shape index (κ2) is 28.3. The summed E-state index contributed by atoms with van der Waals surface area (Å²) >= 11 is 0. The van der Waals surface area contributed by atoms with Crippen LogP contribution in [0.5, 0.6) is 0 Å². The summed E-state index contributed by atoms with van der Waals surface area (Å²) < 4.78 is 35.4. The van der Waals surface area contributed by atoms with Crippen molar-refractivity contribution in [3.05, 3.63) is 47.6 Å². The van der Waals surface area contributed by atoms with E-state index in [1.165, 1.54) is 21.1 Å². The number of methoxy groups -OCH3 is 3. The summed E-state index contributed by atoms with van der Waals surface area (Å²) in [6.07, 6.45) is 9.76. The Morgan fingerprint density at radius 1 is 0.863 bits per heavy atom. The summed E-state index contributed by atoms with van der Waals surface area (Å²) in [7, 11) is 4.43. The molecule has 3 fully saturated rings. The number of cyclic esters (lactones) is 1. The number of ketones is 3. The molecule has 15 atom stereocenters. The molecule has 4 rings (SSSR count). The van der Waals surface area contributed by atoms with Crippen LogP contribution < -0.4 is 0 Å². The fourth-order valence-electron chi connectivity index (χ4n) is 10.7. The standard InChI is InChI=1S/C56H87NO16/c1-33-17-13-12-14-18-34(2)45(68-9)29-41-22-20-39(7)56(67,73-41)51(63)52(64)57-24-16-15-19-42(57)53(65)71-46(30-43(60)35(3)26-38(6)49(62)50(70-11)48(61)37(5)25-33)36(4)27-40-21-23-44(47(28-40)69-10)72-54(66)55(8,31-58)32-59/h12-14,17-18,26,33,35-37,39-42,44-47,49-50,58-59,62,67H,15-16,19-25,27-32H2,1-11H3/t33-,35-,36-,37-,39-,40+,41+,42+,44-,45+,46?,47-,49-,50+,56-/m1/s1. The molecule has 2 bridgehead atoms. The average Bonchev–Trinajstić information content (AvgIpc) is 3.37. The Balaban J connectivity index is 1.69. The molecule has 17 nitrogen and oxygen atoms in total. The van der Waals surface area contributed by atoms with Crippen molar-refractivity contribution in [2.24, 2.45) is 40.9 Å². The molecule has 1 unspecified atom stereocenters. The predicted octanol–water partition coefficient (Wildman–Crippen LogP) is 5.72. The number of aliphatic hydroxyl groups excluding tert-OH is 3. The molecule has 0 aromatic carbocycles. The van der Waals surface area contributed by atoms with E-state index in [4.69, 9.17) is 28.4 Å². The number of ether oxygens (including phenoxy) is 6. The number of piperidine rings is 1. The van der Waals surface area contributed by atoms with Crippen LogP contribution in [-0.2, 0) is 57.2 Å². The van der Waals surface area contributed by atoms with Gasteiger partial charge in [-0.1, -0.05) is 71.1 Å². The SMILES string of the molecule is CO[C@H]1C[C@@H]2CC[C@@H](C)[C@@](O)(O2)C(=O)C(=O)N2CCCC[C@H]2C(=O)OC([C@H](C)C[C@@H]2CC[C@@H](OC(=O)C(C)(CO)CO)[C@H](OC)C2)CC(=O)[C@H](C)C=C(C)[C@@H](O)[C@@H](OC)C(=O)[C@H](C)C[C@H](C)C=CC=CC=C1C. The first-order valence-corrected chi connectivity index (χ1v) is 26.4. The Labute approximate surface area is 433 Å². The van der Waals surface area contributed by atoms with Crippen LogP contribution in [0.25, 0.3) is 0 Å². The van der Waals surface area contributed by atoms with Crippen molar-refractivity contribution in [1.29, 1.82) is 0 Å². The topological polar surface area (TPSA) is 242 Å². The molecular weight excluding hydrogens is 943 g/mol. The van der Waals surface area contributed by atoms with E-state index in [1.54, 1.807) is 40.9 Å². The molecule has 3 heterocycles. The Hall–Kier alpha value is -3.94. The maximum absolute atomic E-state index is 14.5. The summed E-state index contributed by atoms with van der Waals surface area (Å²) in [6, 6.07) is -1.20. The highest BCUT2D eigenvalue weighted by Crippen LogP contribution is 2.38. The van der Waals surface area contributed by atoms with Gasteiger partial charge in [-0.25, -0.2) is 4.79 Å². The van der Waals surface area contributed by atoms with Crippen molar-refractivity contribution in [3.8, 4) is 0 Å². The third kappa shape index (κ3) is 16.0. The molecule has 0 spiro atoms. The Morgan fingerprint density at radius 3 is 2.21 bits per heavy atom. The molecule has 1 aliphatic carbocycles. The molecule has 0 aromatic rings. The maximum atomic E-state index is 14.5. The number of hydrogen-bond donors (Lipinski definition) is 4. The highest BCUT2D eigenvalue weighted by Gasteiger charge is 2.53. The molecule has 4 N–H and O–H groups in total. The second-order valence-corrected chi connectivity index (χ2v) is 21.8. The van der Waals surface area contributed by atoms with E-state index in [-0.39, 0.29) is 42.8 Å². The largest absolute Gasteiger partial charge is 0.460 e. The molecule has 4 aliphatic rings. The number of carbonyl (C=O) groups excluding carboxylic acids is 6. The van der Waals surface area contributed by atoms with E-state index < -0.39 is 120 Å². The lowest BCUT2D eigenvalue weighted by Crippen LogP contribution is -2.61. The molecule has 2 saturated heterocycles. The minimum atomic E-state index is -2.47. The Bertz CT molecular complexity index is 2010. The number of hydrogen-bond acceptors (Lipinski definition) is 16. The van der Waals surface area contributed by atoms with Gasteiger partial charge in [-0.2, -0.15) is 0 Å². The van der Waals surface area contributed by atoms with Gasteiger partial charge < -0.3 is 53.7 Å². The van der Waals surface area contributed by atoms with Crippen LogP contribution in [0.1, 0.15) is 132 Å². The number of Topliss-reactive ketones (excluding diaryl/α,β-unsaturated/α-hetero) is 3. The lowest BCUT2D eigenvalue weighted by atomic mass is 9.78. The first-order chi connectivity index (χ1) is 34.5. The highest BCUT2D eigenvalue weighted by molar-refractivity contribution is 6.39. The van der Waals surface area contributed by atoms with Crippen molar-refractivity contribution in [1.82, 2.24) is 4.90 Å². The third-order valence-electron chi connectivity index (χ3n) is 15.9. The minimum absolute atomic E-state index is 0.00697. The number of allylic oxidation sites excluding steroid dienone is 6. The van der Waals surface area contributed by atoms with Gasteiger partial charge >= 0.3 is 11.9 Å². The van der Waals surface area contributed by atoms with Gasteiger partial charge in [-0.15, -0.1) is 0 Å². The first kappa shape index (κ1) is 61.6. The van der Waals surface area contributed by atoms with Gasteiger partial charge in [0.15, 0.2) is 5.78 Å². The third-order valence-corrected chi connectivity index (χ3v) is 15.9. The van der Waals surface area contributed by atoms with Crippen LogP contribution in [0.3, 0.4) is 0 Å². The van der Waals surface area contributed by atoms with Crippen molar-refractivity contribution in [2.45, 2.75) is 187 Å². The number of amides is 1. The smallest absolute Gasteiger partial charge is 0.329 e. The fourth-order valence-corrected chi connectivity index (χ4v) is 10.7. The molecule has 0 radical (unpaired) electrons. The van der Waals surface area contributed by atoms with Gasteiger partial charge in [0.1, 0.15) is 41.7 Å². The quantitative estimate of drug-likeness (QED) is 0.116. The maximum Gasteiger partial charge on any atom is 0.329 e. The van der Waals surface area contributed by atoms with E-state index in [2.05, 4.69) is 0 Å². The van der Waals surface area contributed by atoms with Gasteiger partial charge in [-0.05, 0) is 114 Å². The number of fused-ring (bicyclic) bond motifs is 3. The van der Waals surface area contributed by atoms with Crippen LogP contribution in [-0.4, -0.2) is 156 Å². The number of nitrogens with zero attached hydrogens (tertiary/aromatic N) is 1. The number of esters is 2. The van der Waals surface area contributed by atoms with Gasteiger partial charge in [-0.3, -0.25) is 24.0 Å². The van der Waals surface area contributed by atoms with E-state index in [0.717, 1.165) is 10.5 Å². The van der Waals surface area contributed by atoms with Crippen LogP contribution in [0.2, 0.25) is 0 Å². The van der Waals surface area contributed by atoms with E-state index >= 15 is 0 Å². The van der Waals surface area contributed by atoms with Crippen LogP contribution in [0, 0.1) is 40.9 Å². The summed E-state index contributed by atoms with van der Waals surface area (Å²) in [6.45, 7) is 12.7. The monoisotopic (exact) mass is 1030 g/mol. The summed E-state index contributed by atoms with van der Waals surface area (Å²) in [5.41, 5.74) is -0.277. The fraction of sp³-hybridized carbons (Fsp3) is 0.750. The number of carbonyl (C=O) groups is 6. The van der Waals surface area contributed by atoms with Gasteiger partial charge in [0, 0.05) is 58.5 Å². The van der Waals surface area contributed by atoms with Crippen LogP contribution in [0.4, 0.5) is 0 Å². The Morgan fingerprint density at radius 2 is 1.56 bits per heavy atom. The summed E-state index contributed by atoms with van der Waals surface area (Å²) in [4.78, 5) is 85.4. The van der Waals surface area contributed by atoms with Gasteiger partial charge in [0.2, 0.25) is 5.79 Å². The van der Waals surface area contributed by atoms with Crippen LogP contribution in [0.15, 0.2) is 47.6 Å². The molecule has 3 aliphatic heterocycles. The first-order valence-electron chi connectivity index (χ1n) is 26.4. The molecule has 1 amide bonds. The van der Waals surface area contributed by atoms with Crippen molar-refractivity contribution in [2.75, 3.05) is 41.1 Å². The second-order valence-electron chi connectivity index (χ2n) is 21.8. The highest BCUT2D eigenvalue weighted by atomic mass is 16.6. The lowest BCUT2D eigenvalue weighted by molar-refractivity contribution is -0.265. The summed E-state index contributed by atoms with van der Waals surface area (Å²) in [5.74, 6) is -9.36. The zero-order chi connectivity index (χ0) is 54.4. The van der Waals surface area contributed by atoms with E-state index in [9.17, 15) is 49.2 Å². The summed E-state index contributed by atoms with van der Waals surface area (Å²) in [5, 5.41) is 43.1. The van der Waals surface area contributed by atoms with Gasteiger partial charge in [0.05, 0.1) is 31.5 Å². The van der Waals surface area contributed by atoms with E-state index in [0.29, 0.717) is 69.8 Å². The normalized spacial score (nSPS) is 35.1. The molecule has 0 aromatic heterocycles. The lowest BCUT2D eigenvalue weighted by Gasteiger charge is -2.42. The number of aliphatic hydroxyl groups is 4. The zero-order valence-electron chi connectivity index (χ0n) is 45.3.